The number of thiazole rings is 1. The molecule has 0 aromatic carbocycles. The van der Waals surface area contributed by atoms with Crippen molar-refractivity contribution in [2.75, 3.05) is 42.2 Å². The topological polar surface area (TPSA) is 88.2 Å². The van der Waals surface area contributed by atoms with E-state index >= 15 is 0 Å². The van der Waals surface area contributed by atoms with Gasteiger partial charge in [0.15, 0.2) is 15.8 Å². The maximum absolute atomic E-state index is 4.55. The normalized spacial score (nSPS) is 15.2. The maximum atomic E-state index is 4.55. The van der Waals surface area contributed by atoms with Gasteiger partial charge in [-0.2, -0.15) is 14.6 Å². The summed E-state index contributed by atoms with van der Waals surface area (Å²) in [4.78, 5) is 26.7. The van der Waals surface area contributed by atoms with Gasteiger partial charge in [0.2, 0.25) is 0 Å². The van der Waals surface area contributed by atoms with Gasteiger partial charge in [0.05, 0.1) is 0 Å². The Morgan fingerprint density at radius 1 is 1.00 bits per heavy atom. The van der Waals surface area contributed by atoms with Crippen LogP contribution in [0.15, 0.2) is 23.1 Å². The third kappa shape index (κ3) is 2.86. The lowest BCUT2D eigenvalue weighted by Crippen LogP contribution is -2.47. The van der Waals surface area contributed by atoms with Gasteiger partial charge in [0.25, 0.3) is 5.78 Å². The molecule has 11 heteroatoms. The Morgan fingerprint density at radius 2 is 1.81 bits per heavy atom. The largest absolute Gasteiger partial charge is 0.353 e. The van der Waals surface area contributed by atoms with Crippen molar-refractivity contribution in [1.82, 2.24) is 34.5 Å². The van der Waals surface area contributed by atoms with Gasteiger partial charge >= 0.3 is 0 Å². The molecule has 5 heterocycles. The van der Waals surface area contributed by atoms with Crippen molar-refractivity contribution in [2.45, 2.75) is 11.3 Å². The second kappa shape index (κ2) is 6.57. The molecule has 0 radical (unpaired) electrons. The summed E-state index contributed by atoms with van der Waals surface area (Å²) in [6.07, 6.45) is 5.19. The Morgan fingerprint density at radius 3 is 2.63 bits per heavy atom. The molecule has 1 aliphatic heterocycles. The van der Waals surface area contributed by atoms with Crippen molar-refractivity contribution in [3.8, 4) is 0 Å². The van der Waals surface area contributed by atoms with E-state index < -0.39 is 0 Å². The number of piperazine rings is 1. The van der Waals surface area contributed by atoms with Crippen LogP contribution in [0.2, 0.25) is 0 Å². The second-order valence-corrected chi connectivity index (χ2v) is 8.29. The summed E-state index contributed by atoms with van der Waals surface area (Å²) in [7, 11) is 0. The standard InChI is InChI=1S/C16H17N9S2/c1-10-7-11(25-15(21-10)19-9-20-25)23-3-5-24(6-4-23)14-12-13(17-8-18-14)22-16(26-2)27-12/h7-9H,3-6H2,1-2H3. The molecular formula is C16H17N9S2. The number of anilines is 2. The molecule has 27 heavy (non-hydrogen) atoms. The van der Waals surface area contributed by atoms with Crippen LogP contribution in [0, 0.1) is 6.92 Å². The number of aromatic nitrogens is 7. The molecule has 1 fully saturated rings. The zero-order valence-corrected chi connectivity index (χ0v) is 16.5. The quantitative estimate of drug-likeness (QED) is 0.479. The smallest absolute Gasteiger partial charge is 0.254 e. The molecule has 0 saturated carbocycles. The van der Waals surface area contributed by atoms with E-state index in [0.717, 1.165) is 58.2 Å². The highest BCUT2D eigenvalue weighted by Gasteiger charge is 2.23. The van der Waals surface area contributed by atoms with Crippen LogP contribution in [0.1, 0.15) is 5.69 Å². The van der Waals surface area contributed by atoms with Gasteiger partial charge in [0.1, 0.15) is 23.2 Å². The molecule has 0 amide bonds. The average molecular weight is 400 g/mol. The first-order valence-corrected chi connectivity index (χ1v) is 10.6. The first-order chi connectivity index (χ1) is 13.2. The maximum Gasteiger partial charge on any atom is 0.254 e. The van der Waals surface area contributed by atoms with E-state index in [0.29, 0.717) is 5.78 Å². The highest BCUT2D eigenvalue weighted by atomic mass is 32.2. The van der Waals surface area contributed by atoms with Crippen LogP contribution in [0.3, 0.4) is 0 Å². The van der Waals surface area contributed by atoms with E-state index in [9.17, 15) is 0 Å². The third-order valence-electron chi connectivity index (χ3n) is 4.59. The summed E-state index contributed by atoms with van der Waals surface area (Å²) in [6, 6.07) is 2.06. The molecule has 4 aromatic rings. The molecule has 0 bridgehead atoms. The monoisotopic (exact) mass is 399 g/mol. The van der Waals surface area contributed by atoms with Crippen molar-refractivity contribution in [3.63, 3.8) is 0 Å². The van der Waals surface area contributed by atoms with E-state index in [1.807, 2.05) is 13.2 Å². The van der Waals surface area contributed by atoms with Gasteiger partial charge in [0, 0.05) is 37.9 Å². The Balaban J connectivity index is 1.42. The van der Waals surface area contributed by atoms with E-state index in [2.05, 4.69) is 45.9 Å². The van der Waals surface area contributed by atoms with E-state index in [1.54, 1.807) is 40.3 Å². The number of thioether (sulfide) groups is 1. The van der Waals surface area contributed by atoms with E-state index in [4.69, 9.17) is 0 Å². The lowest BCUT2D eigenvalue weighted by atomic mass is 10.3. The molecule has 0 spiro atoms. The Hall–Kier alpha value is -2.53. The Kier molecular flexibility index (Phi) is 4.05. The number of hydrogen-bond donors (Lipinski definition) is 0. The molecule has 0 unspecified atom stereocenters. The van der Waals surface area contributed by atoms with Crippen molar-refractivity contribution in [3.05, 3.63) is 24.4 Å². The Bertz CT molecular complexity index is 1110. The van der Waals surface area contributed by atoms with Gasteiger partial charge in [-0.1, -0.05) is 11.8 Å². The van der Waals surface area contributed by atoms with Gasteiger partial charge in [-0.3, -0.25) is 0 Å². The van der Waals surface area contributed by atoms with Crippen LogP contribution >= 0.6 is 23.1 Å². The van der Waals surface area contributed by atoms with Crippen molar-refractivity contribution in [1.29, 1.82) is 0 Å². The fraction of sp³-hybridized carbons (Fsp3) is 0.375. The minimum absolute atomic E-state index is 0.638. The SMILES string of the molecule is CSc1nc2ncnc(N3CCN(c4cc(C)nc5ncnn45)CC3)c2s1. The summed E-state index contributed by atoms with van der Waals surface area (Å²) in [5.74, 6) is 2.65. The van der Waals surface area contributed by atoms with Crippen molar-refractivity contribution < 1.29 is 0 Å². The summed E-state index contributed by atoms with van der Waals surface area (Å²) in [5, 5.41) is 4.32. The molecule has 9 nitrogen and oxygen atoms in total. The lowest BCUT2D eigenvalue weighted by molar-refractivity contribution is 0.634. The molecule has 1 saturated heterocycles. The minimum Gasteiger partial charge on any atom is -0.353 e. The molecule has 0 aliphatic carbocycles. The van der Waals surface area contributed by atoms with Gasteiger partial charge < -0.3 is 9.80 Å². The Labute approximate surface area is 163 Å². The number of hydrogen-bond acceptors (Lipinski definition) is 10. The van der Waals surface area contributed by atoms with Gasteiger partial charge in [-0.15, -0.1) is 11.3 Å². The summed E-state index contributed by atoms with van der Waals surface area (Å²) < 4.78 is 3.89. The number of fused-ring (bicyclic) bond motifs is 2. The van der Waals surface area contributed by atoms with Gasteiger partial charge in [-0.25, -0.2) is 19.9 Å². The van der Waals surface area contributed by atoms with Crippen LogP contribution in [-0.2, 0) is 0 Å². The zero-order chi connectivity index (χ0) is 18.4. The molecule has 4 aromatic heterocycles. The first kappa shape index (κ1) is 16.6. The summed E-state index contributed by atoms with van der Waals surface area (Å²) in [5.41, 5.74) is 1.73. The van der Waals surface area contributed by atoms with E-state index in [1.165, 1.54) is 0 Å². The molecule has 5 rings (SSSR count). The summed E-state index contributed by atoms with van der Waals surface area (Å²) >= 11 is 3.30. The highest BCUT2D eigenvalue weighted by molar-refractivity contribution is 8.00. The number of rotatable bonds is 3. The lowest BCUT2D eigenvalue weighted by Gasteiger charge is -2.36. The van der Waals surface area contributed by atoms with Crippen LogP contribution in [-0.4, -0.2) is 67.0 Å². The third-order valence-corrected chi connectivity index (χ3v) is 6.62. The summed E-state index contributed by atoms with van der Waals surface area (Å²) in [6.45, 7) is 5.47. The van der Waals surface area contributed by atoms with Crippen LogP contribution < -0.4 is 9.80 Å². The highest BCUT2D eigenvalue weighted by Crippen LogP contribution is 2.33. The second-order valence-electron chi connectivity index (χ2n) is 6.24. The van der Waals surface area contributed by atoms with Crippen LogP contribution in [0.4, 0.5) is 11.6 Å². The van der Waals surface area contributed by atoms with Crippen molar-refractivity contribution >= 4 is 50.9 Å². The fourth-order valence-corrected chi connectivity index (χ4v) is 4.85. The molecular weight excluding hydrogens is 382 g/mol. The molecule has 0 N–H and O–H groups in total. The van der Waals surface area contributed by atoms with Crippen molar-refractivity contribution in [2.24, 2.45) is 0 Å². The van der Waals surface area contributed by atoms with Crippen LogP contribution in [0.25, 0.3) is 16.1 Å². The molecule has 1 aliphatic rings. The average Bonchev–Trinajstić information content (AvgIpc) is 3.33. The van der Waals surface area contributed by atoms with Crippen LogP contribution in [0.5, 0.6) is 0 Å². The molecule has 138 valence electrons. The van der Waals surface area contributed by atoms with Gasteiger partial charge in [-0.05, 0) is 13.2 Å². The predicted molar refractivity (Wildman–Crippen MR) is 107 cm³/mol. The van der Waals surface area contributed by atoms with E-state index in [-0.39, 0.29) is 0 Å². The zero-order valence-electron chi connectivity index (χ0n) is 14.9. The predicted octanol–water partition coefficient (Wildman–Crippen LogP) is 1.88. The number of aryl methyl sites for hydroxylation is 1. The first-order valence-electron chi connectivity index (χ1n) is 8.56. The molecule has 0 atom stereocenters. The minimum atomic E-state index is 0.638. The number of nitrogens with zero attached hydrogens (tertiary/aromatic N) is 9. The fourth-order valence-electron chi connectivity index (χ4n) is 3.32.